The lowest BCUT2D eigenvalue weighted by atomic mass is 9.94. The highest BCUT2D eigenvalue weighted by Gasteiger charge is 2.36. The molecule has 0 aliphatic carbocycles. The summed E-state index contributed by atoms with van der Waals surface area (Å²) < 4.78 is 12.2. The van der Waals surface area contributed by atoms with E-state index in [0.29, 0.717) is 22.7 Å². The molecule has 1 N–H and O–H groups in total. The first kappa shape index (κ1) is 20.8. The van der Waals surface area contributed by atoms with E-state index in [0.717, 1.165) is 5.52 Å². The second kappa shape index (κ2) is 8.37. The maximum absolute atomic E-state index is 13.1. The Hall–Kier alpha value is -3.43. The van der Waals surface area contributed by atoms with Crippen molar-refractivity contribution in [2.75, 3.05) is 25.6 Å². The molecule has 1 aliphatic heterocycles. The summed E-state index contributed by atoms with van der Waals surface area (Å²) in [6.07, 6.45) is 0. The molecule has 0 bridgehead atoms. The van der Waals surface area contributed by atoms with E-state index in [-0.39, 0.29) is 29.5 Å². The van der Waals surface area contributed by atoms with E-state index < -0.39 is 16.9 Å². The summed E-state index contributed by atoms with van der Waals surface area (Å²) in [6, 6.07) is 10.8. The lowest BCUT2D eigenvalue weighted by Gasteiger charge is -2.30. The van der Waals surface area contributed by atoms with Gasteiger partial charge in [0, 0.05) is 35.5 Å². The first-order valence-electron chi connectivity index (χ1n) is 9.47. The molecule has 0 saturated heterocycles. The van der Waals surface area contributed by atoms with Crippen molar-refractivity contribution >= 4 is 40.2 Å². The van der Waals surface area contributed by atoms with Crippen LogP contribution < -0.4 is 5.32 Å². The number of fused-ring (bicyclic) bond motifs is 3. The molecule has 9 nitrogen and oxygen atoms in total. The minimum absolute atomic E-state index is 0.0685. The zero-order chi connectivity index (χ0) is 22.1. The van der Waals surface area contributed by atoms with Gasteiger partial charge in [-0.1, -0.05) is 23.7 Å². The molecule has 0 spiro atoms. The molecule has 0 unspecified atom stereocenters. The second-order valence-corrected chi connectivity index (χ2v) is 7.36. The normalized spacial score (nSPS) is 15.5. The van der Waals surface area contributed by atoms with Crippen LogP contribution in [0.25, 0.3) is 11.0 Å². The first-order valence-corrected chi connectivity index (χ1v) is 9.84. The third-order valence-electron chi connectivity index (χ3n) is 5.06. The van der Waals surface area contributed by atoms with Gasteiger partial charge in [0.05, 0.1) is 34.2 Å². The van der Waals surface area contributed by atoms with Crippen molar-refractivity contribution in [2.24, 2.45) is 0 Å². The minimum atomic E-state index is -0.772. The largest absolute Gasteiger partial charge is 0.460 e. The lowest BCUT2D eigenvalue weighted by molar-refractivity contribution is -0.384. The van der Waals surface area contributed by atoms with Crippen molar-refractivity contribution in [3.05, 3.63) is 74.4 Å². The number of ether oxygens (including phenoxy) is 2. The Kier molecular flexibility index (Phi) is 5.62. The number of non-ortho nitro benzene ring substituents is 1. The van der Waals surface area contributed by atoms with Crippen molar-refractivity contribution in [1.82, 2.24) is 9.55 Å². The number of carbonyl (C=O) groups is 1. The summed E-state index contributed by atoms with van der Waals surface area (Å²) in [5.74, 6) is -0.0715. The number of anilines is 1. The van der Waals surface area contributed by atoms with Gasteiger partial charge in [-0.05, 0) is 25.1 Å². The number of nitrogens with one attached hydrogen (secondary N) is 1. The second-order valence-electron chi connectivity index (χ2n) is 6.95. The summed E-state index contributed by atoms with van der Waals surface area (Å²) in [7, 11) is 1.51. The Labute approximate surface area is 182 Å². The third kappa shape index (κ3) is 3.73. The van der Waals surface area contributed by atoms with Crippen LogP contribution in [0.4, 0.5) is 11.6 Å². The number of halogens is 1. The van der Waals surface area contributed by atoms with E-state index in [1.54, 1.807) is 11.5 Å². The van der Waals surface area contributed by atoms with Crippen LogP contribution in [-0.4, -0.2) is 40.8 Å². The SMILES string of the molecule is COCCOC(=O)C1=C(C)Nc2nc3ccccc3n2[C@H]1c1cc([N+](=O)[O-])ccc1Cl. The number of nitrogens with zero attached hydrogens (tertiary/aromatic N) is 3. The van der Waals surface area contributed by atoms with Crippen molar-refractivity contribution in [3.63, 3.8) is 0 Å². The van der Waals surface area contributed by atoms with Crippen LogP contribution in [0.1, 0.15) is 18.5 Å². The maximum atomic E-state index is 13.1. The van der Waals surface area contributed by atoms with Gasteiger partial charge in [0.1, 0.15) is 6.61 Å². The quantitative estimate of drug-likeness (QED) is 0.265. The fourth-order valence-electron chi connectivity index (χ4n) is 3.67. The molecule has 0 fully saturated rings. The van der Waals surface area contributed by atoms with Crippen LogP contribution in [0, 0.1) is 10.1 Å². The zero-order valence-electron chi connectivity index (χ0n) is 16.8. The summed E-state index contributed by atoms with van der Waals surface area (Å²) in [5.41, 5.74) is 2.53. The van der Waals surface area contributed by atoms with E-state index >= 15 is 0 Å². The number of esters is 1. The monoisotopic (exact) mass is 442 g/mol. The number of benzene rings is 2. The summed E-state index contributed by atoms with van der Waals surface area (Å²) >= 11 is 6.49. The molecule has 1 aliphatic rings. The molecule has 10 heteroatoms. The van der Waals surface area contributed by atoms with E-state index in [1.165, 1.54) is 25.3 Å². The third-order valence-corrected chi connectivity index (χ3v) is 5.40. The number of aromatic nitrogens is 2. The highest BCUT2D eigenvalue weighted by atomic mass is 35.5. The van der Waals surface area contributed by atoms with Gasteiger partial charge in [-0.2, -0.15) is 0 Å². The van der Waals surface area contributed by atoms with Crippen LogP contribution in [-0.2, 0) is 14.3 Å². The molecular weight excluding hydrogens is 424 g/mol. The molecule has 1 aromatic heterocycles. The summed E-state index contributed by atoms with van der Waals surface area (Å²) in [5, 5.41) is 14.9. The fourth-order valence-corrected chi connectivity index (χ4v) is 3.89. The van der Waals surface area contributed by atoms with Crippen LogP contribution in [0.2, 0.25) is 5.02 Å². The van der Waals surface area contributed by atoms with Crippen molar-refractivity contribution in [2.45, 2.75) is 13.0 Å². The molecule has 160 valence electrons. The number of nitro groups is 1. The average molecular weight is 443 g/mol. The smallest absolute Gasteiger partial charge is 0.338 e. The molecule has 4 rings (SSSR count). The van der Waals surface area contributed by atoms with Gasteiger partial charge < -0.3 is 14.8 Å². The Bertz CT molecular complexity index is 1220. The maximum Gasteiger partial charge on any atom is 0.338 e. The van der Waals surface area contributed by atoms with E-state index in [4.69, 9.17) is 21.1 Å². The number of nitro benzene ring substituents is 1. The minimum Gasteiger partial charge on any atom is -0.460 e. The fraction of sp³-hybridized carbons (Fsp3) is 0.238. The first-order chi connectivity index (χ1) is 14.9. The van der Waals surface area contributed by atoms with Gasteiger partial charge >= 0.3 is 5.97 Å². The van der Waals surface area contributed by atoms with Crippen molar-refractivity contribution < 1.29 is 19.2 Å². The van der Waals surface area contributed by atoms with Crippen molar-refractivity contribution in [1.29, 1.82) is 0 Å². The van der Waals surface area contributed by atoms with E-state index in [2.05, 4.69) is 10.3 Å². The Balaban J connectivity index is 1.94. The number of allylic oxidation sites excluding steroid dienone is 1. The number of methoxy groups -OCH3 is 1. The van der Waals surface area contributed by atoms with Gasteiger partial charge in [-0.3, -0.25) is 14.7 Å². The zero-order valence-corrected chi connectivity index (χ0v) is 17.5. The molecule has 1 atom stereocenters. The lowest BCUT2D eigenvalue weighted by Crippen LogP contribution is -2.29. The van der Waals surface area contributed by atoms with Gasteiger partial charge in [0.15, 0.2) is 0 Å². The molecule has 0 saturated carbocycles. The number of carbonyl (C=O) groups excluding carboxylic acids is 1. The highest BCUT2D eigenvalue weighted by molar-refractivity contribution is 6.31. The predicted molar refractivity (Wildman–Crippen MR) is 115 cm³/mol. The molecule has 2 heterocycles. The van der Waals surface area contributed by atoms with Gasteiger partial charge in [0.2, 0.25) is 5.95 Å². The van der Waals surface area contributed by atoms with Gasteiger partial charge in [-0.25, -0.2) is 9.78 Å². The van der Waals surface area contributed by atoms with Crippen LogP contribution in [0.15, 0.2) is 53.7 Å². The number of para-hydroxylation sites is 2. The highest BCUT2D eigenvalue weighted by Crippen LogP contribution is 2.42. The molecule has 0 radical (unpaired) electrons. The summed E-state index contributed by atoms with van der Waals surface area (Å²) in [4.78, 5) is 28.6. The van der Waals surface area contributed by atoms with Crippen molar-refractivity contribution in [3.8, 4) is 0 Å². The standard InChI is InChI=1S/C21H19ClN4O5/c1-12-18(20(27)31-10-9-30-2)19(14-11-13(26(28)29)7-8-15(14)22)25-17-6-4-3-5-16(17)24-21(25)23-12/h3-8,11,19H,9-10H2,1-2H3,(H,23,24)/t19-/m0/s1. The molecular formula is C21H19ClN4O5. The van der Waals surface area contributed by atoms with E-state index in [9.17, 15) is 14.9 Å². The average Bonchev–Trinajstić information content (AvgIpc) is 3.11. The number of hydrogen-bond acceptors (Lipinski definition) is 7. The van der Waals surface area contributed by atoms with Gasteiger partial charge in [0.25, 0.3) is 5.69 Å². The van der Waals surface area contributed by atoms with Crippen LogP contribution in [0.3, 0.4) is 0 Å². The van der Waals surface area contributed by atoms with E-state index in [1.807, 2.05) is 24.3 Å². The number of rotatable bonds is 6. The Morgan fingerprint density at radius 3 is 2.81 bits per heavy atom. The predicted octanol–water partition coefficient (Wildman–Crippen LogP) is 4.08. The molecule has 0 amide bonds. The summed E-state index contributed by atoms with van der Waals surface area (Å²) in [6.45, 7) is 2.04. The number of hydrogen-bond donors (Lipinski definition) is 1. The molecule has 31 heavy (non-hydrogen) atoms. The Morgan fingerprint density at radius 2 is 2.06 bits per heavy atom. The Morgan fingerprint density at radius 1 is 1.29 bits per heavy atom. The van der Waals surface area contributed by atoms with Crippen LogP contribution >= 0.6 is 11.6 Å². The topological polar surface area (TPSA) is 109 Å². The van der Waals surface area contributed by atoms with Gasteiger partial charge in [-0.15, -0.1) is 0 Å². The van der Waals surface area contributed by atoms with Crippen LogP contribution in [0.5, 0.6) is 0 Å². The molecule has 3 aromatic rings. The number of imidazole rings is 1. The molecule has 2 aromatic carbocycles.